The molecule has 1 fully saturated rings. The van der Waals surface area contributed by atoms with Gasteiger partial charge < -0.3 is 5.32 Å². The molecule has 0 aliphatic carbocycles. The third-order valence-corrected chi connectivity index (χ3v) is 4.73. The van der Waals surface area contributed by atoms with E-state index in [2.05, 4.69) is 54.4 Å². The van der Waals surface area contributed by atoms with Crippen molar-refractivity contribution in [2.24, 2.45) is 0 Å². The molecule has 0 bridgehead atoms. The van der Waals surface area contributed by atoms with Crippen LogP contribution < -0.4 is 5.32 Å². The van der Waals surface area contributed by atoms with Gasteiger partial charge in [0.15, 0.2) is 0 Å². The average molecular weight is 278 g/mol. The molecule has 2 nitrogen and oxygen atoms in total. The van der Waals surface area contributed by atoms with Crippen molar-refractivity contribution in [3.05, 3.63) is 30.3 Å². The van der Waals surface area contributed by atoms with Gasteiger partial charge in [0.25, 0.3) is 0 Å². The maximum absolute atomic E-state index is 3.61. The molecular formula is C16H26N2S. The summed E-state index contributed by atoms with van der Waals surface area (Å²) in [6.07, 6.45) is 2.60. The van der Waals surface area contributed by atoms with Crippen molar-refractivity contribution in [2.45, 2.75) is 43.7 Å². The van der Waals surface area contributed by atoms with Crippen molar-refractivity contribution in [3.63, 3.8) is 0 Å². The molecule has 2 atom stereocenters. The highest BCUT2D eigenvalue weighted by molar-refractivity contribution is 7.99. The number of piperazine rings is 1. The third-order valence-electron chi connectivity index (χ3n) is 3.74. The first-order chi connectivity index (χ1) is 9.29. The Morgan fingerprint density at radius 2 is 2.11 bits per heavy atom. The molecule has 0 aromatic heterocycles. The summed E-state index contributed by atoms with van der Waals surface area (Å²) in [6.45, 7) is 8.13. The molecule has 2 rings (SSSR count). The molecule has 1 heterocycles. The molecule has 1 aromatic rings. The summed E-state index contributed by atoms with van der Waals surface area (Å²) in [5, 5.41) is 3.61. The summed E-state index contributed by atoms with van der Waals surface area (Å²) in [6, 6.07) is 12.1. The van der Waals surface area contributed by atoms with Crippen LogP contribution in [0.4, 0.5) is 0 Å². The van der Waals surface area contributed by atoms with E-state index in [9.17, 15) is 0 Å². The zero-order chi connectivity index (χ0) is 13.5. The highest BCUT2D eigenvalue weighted by Gasteiger charge is 2.24. The smallest absolute Gasteiger partial charge is 0.0221 e. The Bertz CT molecular complexity index is 355. The molecule has 0 saturated carbocycles. The van der Waals surface area contributed by atoms with Gasteiger partial charge in [-0.05, 0) is 25.5 Å². The maximum Gasteiger partial charge on any atom is 0.0221 e. The second-order valence-corrected chi connectivity index (χ2v) is 6.58. The molecular weight excluding hydrogens is 252 g/mol. The van der Waals surface area contributed by atoms with Crippen LogP contribution in [0.5, 0.6) is 0 Å². The van der Waals surface area contributed by atoms with Gasteiger partial charge in [-0.3, -0.25) is 4.90 Å². The van der Waals surface area contributed by atoms with Gasteiger partial charge in [0.2, 0.25) is 0 Å². The Labute approximate surface area is 122 Å². The Balaban J connectivity index is 1.78. The fourth-order valence-corrected chi connectivity index (χ4v) is 3.63. The van der Waals surface area contributed by atoms with Gasteiger partial charge >= 0.3 is 0 Å². The van der Waals surface area contributed by atoms with Crippen LogP contribution in [0, 0.1) is 0 Å². The number of nitrogens with one attached hydrogen (secondary N) is 1. The molecule has 19 heavy (non-hydrogen) atoms. The number of hydrogen-bond acceptors (Lipinski definition) is 3. The van der Waals surface area contributed by atoms with E-state index in [1.165, 1.54) is 36.6 Å². The van der Waals surface area contributed by atoms with E-state index in [0.29, 0.717) is 6.04 Å². The molecule has 1 aliphatic heterocycles. The van der Waals surface area contributed by atoms with Crippen molar-refractivity contribution < 1.29 is 0 Å². The first-order valence-electron chi connectivity index (χ1n) is 7.45. The van der Waals surface area contributed by atoms with Crippen molar-refractivity contribution in [1.82, 2.24) is 10.2 Å². The van der Waals surface area contributed by atoms with Crippen molar-refractivity contribution in [2.75, 3.05) is 25.4 Å². The molecule has 2 unspecified atom stereocenters. The van der Waals surface area contributed by atoms with Crippen molar-refractivity contribution in [1.29, 1.82) is 0 Å². The van der Waals surface area contributed by atoms with Crippen LogP contribution in [0.1, 0.15) is 26.7 Å². The predicted octanol–water partition coefficient (Wildman–Crippen LogP) is 3.24. The summed E-state index contributed by atoms with van der Waals surface area (Å²) in [5.41, 5.74) is 0. The Kier molecular flexibility index (Phi) is 6.21. The lowest BCUT2D eigenvalue weighted by atomic mass is 10.1. The molecule has 0 radical (unpaired) electrons. The fourth-order valence-electron chi connectivity index (χ4n) is 2.72. The topological polar surface area (TPSA) is 15.3 Å². The summed E-state index contributed by atoms with van der Waals surface area (Å²) in [7, 11) is 0. The van der Waals surface area contributed by atoms with Gasteiger partial charge in [0.1, 0.15) is 0 Å². The third kappa shape index (κ3) is 4.83. The van der Waals surface area contributed by atoms with Crippen molar-refractivity contribution in [3.8, 4) is 0 Å². The number of thioether (sulfide) groups is 1. The molecule has 0 amide bonds. The second kappa shape index (κ2) is 7.93. The lowest BCUT2D eigenvalue weighted by molar-refractivity contribution is 0.136. The number of benzene rings is 1. The zero-order valence-corrected chi connectivity index (χ0v) is 13.0. The van der Waals surface area contributed by atoms with E-state index >= 15 is 0 Å². The Morgan fingerprint density at radius 3 is 2.84 bits per heavy atom. The zero-order valence-electron chi connectivity index (χ0n) is 12.1. The quantitative estimate of drug-likeness (QED) is 0.804. The maximum atomic E-state index is 3.61. The number of hydrogen-bond donors (Lipinski definition) is 1. The normalized spacial score (nSPS) is 24.5. The van der Waals surface area contributed by atoms with Crippen LogP contribution in [-0.2, 0) is 0 Å². The lowest BCUT2D eigenvalue weighted by Gasteiger charge is -2.39. The van der Waals surface area contributed by atoms with Crippen LogP contribution >= 0.6 is 11.8 Å². The van der Waals surface area contributed by atoms with Gasteiger partial charge in [-0.2, -0.15) is 0 Å². The largest absolute Gasteiger partial charge is 0.311 e. The fraction of sp³-hybridized carbons (Fsp3) is 0.625. The van der Waals surface area contributed by atoms with Gasteiger partial charge in [-0.25, -0.2) is 0 Å². The molecule has 1 saturated heterocycles. The lowest BCUT2D eigenvalue weighted by Crippen LogP contribution is -2.55. The minimum atomic E-state index is 0.634. The summed E-state index contributed by atoms with van der Waals surface area (Å²) < 4.78 is 0. The van der Waals surface area contributed by atoms with E-state index in [1.807, 2.05) is 11.8 Å². The van der Waals surface area contributed by atoms with E-state index < -0.39 is 0 Å². The van der Waals surface area contributed by atoms with Crippen molar-refractivity contribution >= 4 is 11.8 Å². The Morgan fingerprint density at radius 1 is 1.32 bits per heavy atom. The second-order valence-electron chi connectivity index (χ2n) is 5.41. The molecule has 0 spiro atoms. The number of nitrogens with zero attached hydrogens (tertiary/aromatic N) is 1. The molecule has 3 heteroatoms. The molecule has 1 N–H and O–H groups in total. The van der Waals surface area contributed by atoms with E-state index in [0.717, 1.165) is 12.6 Å². The summed E-state index contributed by atoms with van der Waals surface area (Å²) in [5.74, 6) is 1.19. The van der Waals surface area contributed by atoms with Crippen LogP contribution in [0.15, 0.2) is 35.2 Å². The average Bonchev–Trinajstić information content (AvgIpc) is 2.43. The van der Waals surface area contributed by atoms with Crippen LogP contribution in [0.3, 0.4) is 0 Å². The molecule has 1 aliphatic rings. The van der Waals surface area contributed by atoms with Gasteiger partial charge in [-0.15, -0.1) is 11.8 Å². The minimum absolute atomic E-state index is 0.634. The molecule has 106 valence electrons. The first kappa shape index (κ1) is 14.9. The van der Waals surface area contributed by atoms with E-state index in [1.54, 1.807) is 0 Å². The SMILES string of the molecule is CCCC1CNC(C)CN1CCSc1ccccc1. The van der Waals surface area contributed by atoms with Gasteiger partial charge in [0.05, 0.1) is 0 Å². The van der Waals surface area contributed by atoms with E-state index in [-0.39, 0.29) is 0 Å². The molecule has 1 aromatic carbocycles. The highest BCUT2D eigenvalue weighted by atomic mass is 32.2. The van der Waals surface area contributed by atoms with Gasteiger partial charge in [0, 0.05) is 42.4 Å². The standard InChI is InChI=1S/C16H26N2S/c1-3-7-15-12-17-14(2)13-18(15)10-11-19-16-8-5-4-6-9-16/h4-6,8-9,14-15,17H,3,7,10-13H2,1-2H3. The monoisotopic (exact) mass is 278 g/mol. The Hall–Kier alpha value is -0.510. The summed E-state index contributed by atoms with van der Waals surface area (Å²) >= 11 is 1.97. The first-order valence-corrected chi connectivity index (χ1v) is 8.43. The van der Waals surface area contributed by atoms with Crippen LogP contribution in [0.25, 0.3) is 0 Å². The van der Waals surface area contributed by atoms with Crippen LogP contribution in [-0.4, -0.2) is 42.4 Å². The number of rotatable bonds is 6. The van der Waals surface area contributed by atoms with Crippen LogP contribution in [0.2, 0.25) is 0 Å². The minimum Gasteiger partial charge on any atom is -0.311 e. The summed E-state index contributed by atoms with van der Waals surface area (Å²) in [4.78, 5) is 4.07. The van der Waals surface area contributed by atoms with Gasteiger partial charge in [-0.1, -0.05) is 31.5 Å². The van der Waals surface area contributed by atoms with E-state index in [4.69, 9.17) is 0 Å². The predicted molar refractivity (Wildman–Crippen MR) is 84.9 cm³/mol. The highest BCUT2D eigenvalue weighted by Crippen LogP contribution is 2.19.